The van der Waals surface area contributed by atoms with Gasteiger partial charge in [0.1, 0.15) is 5.82 Å². The third-order valence-corrected chi connectivity index (χ3v) is 7.41. The van der Waals surface area contributed by atoms with Gasteiger partial charge in [-0.15, -0.1) is 0 Å². The van der Waals surface area contributed by atoms with E-state index in [2.05, 4.69) is 15.2 Å². The summed E-state index contributed by atoms with van der Waals surface area (Å²) >= 11 is 0. The van der Waals surface area contributed by atoms with Crippen molar-refractivity contribution < 1.29 is 9.50 Å². The summed E-state index contributed by atoms with van der Waals surface area (Å²) in [7, 11) is 0. The number of anilines is 1. The number of aliphatic hydroxyl groups is 1. The van der Waals surface area contributed by atoms with Gasteiger partial charge in [0.05, 0.1) is 35.9 Å². The molecular weight excluding hydrogens is 519 g/mol. The predicted octanol–water partition coefficient (Wildman–Crippen LogP) is 5.36. The Morgan fingerprint density at radius 1 is 1.02 bits per heavy atom. The molecule has 6 rings (SSSR count). The molecule has 0 amide bonds. The number of nitrogen functional groups attached to an aromatic ring is 1. The first-order valence-electron chi connectivity index (χ1n) is 13.3. The molecule has 9 heteroatoms. The fraction of sp³-hybridized carbons (Fsp3) is 0.188. The van der Waals surface area contributed by atoms with Crippen LogP contribution in [0.1, 0.15) is 37.5 Å². The van der Waals surface area contributed by atoms with E-state index in [1.165, 1.54) is 12.3 Å². The quantitative estimate of drug-likeness (QED) is 0.300. The fourth-order valence-electron chi connectivity index (χ4n) is 5.20. The van der Waals surface area contributed by atoms with Crippen molar-refractivity contribution in [2.45, 2.75) is 39.3 Å². The van der Waals surface area contributed by atoms with Gasteiger partial charge in [0.2, 0.25) is 0 Å². The van der Waals surface area contributed by atoms with Crippen LogP contribution in [0.25, 0.3) is 38.5 Å². The van der Waals surface area contributed by atoms with Crippen molar-refractivity contribution in [2.24, 2.45) is 0 Å². The number of rotatable bonds is 5. The number of aliphatic hydroxyl groups excluding tert-OH is 1. The number of benzene rings is 3. The molecule has 0 atom stereocenters. The van der Waals surface area contributed by atoms with E-state index < -0.39 is 11.4 Å². The molecule has 0 aliphatic heterocycles. The molecule has 0 fully saturated rings. The summed E-state index contributed by atoms with van der Waals surface area (Å²) in [5.74, 6) is -0.213. The number of fused-ring (bicyclic) bond motifs is 2. The van der Waals surface area contributed by atoms with Crippen molar-refractivity contribution in [3.63, 3.8) is 0 Å². The number of nitrogens with zero attached hydrogens (tertiary/aromatic N) is 5. The predicted molar refractivity (Wildman–Crippen MR) is 158 cm³/mol. The molecule has 0 spiro atoms. The van der Waals surface area contributed by atoms with Gasteiger partial charge in [0.25, 0.3) is 5.56 Å². The van der Waals surface area contributed by atoms with E-state index in [1.807, 2.05) is 61.9 Å². The molecule has 6 aromatic rings. The van der Waals surface area contributed by atoms with Crippen LogP contribution in [0.2, 0.25) is 0 Å². The molecule has 0 radical (unpaired) electrons. The van der Waals surface area contributed by atoms with Crippen LogP contribution in [0.15, 0.2) is 84.0 Å². The molecule has 3 heterocycles. The third kappa shape index (κ3) is 4.64. The van der Waals surface area contributed by atoms with E-state index in [0.29, 0.717) is 34.6 Å². The minimum Gasteiger partial charge on any atom is -0.392 e. The van der Waals surface area contributed by atoms with Crippen LogP contribution in [0.5, 0.6) is 0 Å². The molecule has 0 bridgehead atoms. The third-order valence-electron chi connectivity index (χ3n) is 7.41. The SMILES string of the molecule is CC(C)(C)c1cc(F)c2c(=O)n(-c3cccc(-c4ccc5c(c4)c(N)nn5Cc4ccncc4)c3CO)ncc2c1. The van der Waals surface area contributed by atoms with Crippen LogP contribution >= 0.6 is 0 Å². The van der Waals surface area contributed by atoms with E-state index in [4.69, 9.17) is 5.73 Å². The van der Waals surface area contributed by atoms with Crippen LogP contribution < -0.4 is 11.3 Å². The number of nitrogens with two attached hydrogens (primary N) is 1. The van der Waals surface area contributed by atoms with Gasteiger partial charge in [-0.3, -0.25) is 14.5 Å². The Hall–Kier alpha value is -4.89. The maximum Gasteiger partial charge on any atom is 0.282 e. The van der Waals surface area contributed by atoms with Crippen molar-refractivity contribution >= 4 is 27.5 Å². The minimum absolute atomic E-state index is 0.0434. The second-order valence-corrected chi connectivity index (χ2v) is 11.1. The Bertz CT molecular complexity index is 1990. The van der Waals surface area contributed by atoms with Crippen molar-refractivity contribution in [1.82, 2.24) is 24.5 Å². The highest BCUT2D eigenvalue weighted by Crippen LogP contribution is 2.33. The molecule has 0 saturated carbocycles. The highest BCUT2D eigenvalue weighted by molar-refractivity contribution is 5.93. The summed E-state index contributed by atoms with van der Waals surface area (Å²) in [5, 5.41) is 20.5. The van der Waals surface area contributed by atoms with E-state index in [1.54, 1.807) is 30.6 Å². The lowest BCUT2D eigenvalue weighted by Crippen LogP contribution is -2.24. The topological polar surface area (TPSA) is 112 Å². The second-order valence-electron chi connectivity index (χ2n) is 11.1. The highest BCUT2D eigenvalue weighted by atomic mass is 19.1. The van der Waals surface area contributed by atoms with Gasteiger partial charge in [-0.1, -0.05) is 39.0 Å². The van der Waals surface area contributed by atoms with Gasteiger partial charge >= 0.3 is 0 Å². The molecule has 3 aromatic heterocycles. The maximum absolute atomic E-state index is 15.3. The fourth-order valence-corrected chi connectivity index (χ4v) is 5.20. The zero-order chi connectivity index (χ0) is 28.9. The largest absolute Gasteiger partial charge is 0.392 e. The highest BCUT2D eigenvalue weighted by Gasteiger charge is 2.21. The Kier molecular flexibility index (Phi) is 6.38. The first-order chi connectivity index (χ1) is 19.7. The van der Waals surface area contributed by atoms with Crippen molar-refractivity contribution in [3.05, 3.63) is 112 Å². The first-order valence-corrected chi connectivity index (χ1v) is 13.3. The second kappa shape index (κ2) is 9.94. The van der Waals surface area contributed by atoms with Gasteiger partial charge in [-0.2, -0.15) is 14.9 Å². The molecule has 0 aliphatic carbocycles. The summed E-state index contributed by atoms with van der Waals surface area (Å²) in [6.45, 7) is 6.13. The summed E-state index contributed by atoms with van der Waals surface area (Å²) in [4.78, 5) is 17.6. The number of hydrogen-bond donors (Lipinski definition) is 2. The van der Waals surface area contributed by atoms with Crippen LogP contribution in [-0.4, -0.2) is 29.7 Å². The van der Waals surface area contributed by atoms with E-state index in [0.717, 1.165) is 32.3 Å². The van der Waals surface area contributed by atoms with Crippen LogP contribution in [0, 0.1) is 5.82 Å². The summed E-state index contributed by atoms with van der Waals surface area (Å²) < 4.78 is 18.3. The van der Waals surface area contributed by atoms with Crippen molar-refractivity contribution in [3.8, 4) is 16.8 Å². The summed E-state index contributed by atoms with van der Waals surface area (Å²) in [6.07, 6.45) is 4.96. The lowest BCUT2D eigenvalue weighted by molar-refractivity contribution is 0.282. The van der Waals surface area contributed by atoms with E-state index >= 15 is 4.39 Å². The lowest BCUT2D eigenvalue weighted by atomic mass is 9.86. The monoisotopic (exact) mass is 548 g/mol. The smallest absolute Gasteiger partial charge is 0.282 e. The van der Waals surface area contributed by atoms with Gasteiger partial charge in [-0.25, -0.2) is 4.39 Å². The van der Waals surface area contributed by atoms with E-state index in [9.17, 15) is 9.90 Å². The van der Waals surface area contributed by atoms with Crippen molar-refractivity contribution in [1.29, 1.82) is 0 Å². The average Bonchev–Trinajstić information content (AvgIpc) is 3.26. The van der Waals surface area contributed by atoms with Gasteiger partial charge in [0.15, 0.2) is 5.82 Å². The van der Waals surface area contributed by atoms with Gasteiger partial charge in [0, 0.05) is 28.7 Å². The van der Waals surface area contributed by atoms with Gasteiger partial charge < -0.3 is 10.8 Å². The Morgan fingerprint density at radius 2 is 1.80 bits per heavy atom. The van der Waals surface area contributed by atoms with Crippen molar-refractivity contribution in [2.75, 3.05) is 5.73 Å². The first kappa shape index (κ1) is 26.3. The van der Waals surface area contributed by atoms with Crippen LogP contribution in [0.4, 0.5) is 10.2 Å². The molecular formula is C32H29FN6O2. The maximum atomic E-state index is 15.3. The summed E-state index contributed by atoms with van der Waals surface area (Å²) in [5.41, 5.74) is 10.4. The molecule has 8 nitrogen and oxygen atoms in total. The molecule has 0 unspecified atom stereocenters. The zero-order valence-corrected chi connectivity index (χ0v) is 23.0. The standard InChI is InChI=1S/C32H29FN6O2/c1-32(2,3)22-13-21-16-36-39(31(41)29(21)26(33)15-22)28-6-4-5-23(25(28)18-40)20-7-8-27-24(14-20)30(34)37-38(27)17-19-9-11-35-12-10-19/h4-16,40H,17-18H2,1-3H3,(H2,34,37). The normalized spacial score (nSPS) is 11.9. The molecule has 3 N–H and O–H groups in total. The Labute approximate surface area is 235 Å². The minimum atomic E-state index is -0.597. The number of halogens is 1. The summed E-state index contributed by atoms with van der Waals surface area (Å²) in [6, 6.07) is 18.2. The number of pyridine rings is 1. The average molecular weight is 549 g/mol. The molecule has 0 aliphatic rings. The molecule has 3 aromatic carbocycles. The van der Waals surface area contributed by atoms with E-state index in [-0.39, 0.29) is 17.4 Å². The van der Waals surface area contributed by atoms with Gasteiger partial charge in [-0.05, 0) is 70.1 Å². The molecule has 41 heavy (non-hydrogen) atoms. The van der Waals surface area contributed by atoms with Crippen LogP contribution in [0.3, 0.4) is 0 Å². The Morgan fingerprint density at radius 3 is 2.54 bits per heavy atom. The Balaban J connectivity index is 1.46. The number of hydrogen-bond acceptors (Lipinski definition) is 6. The molecule has 206 valence electrons. The molecule has 0 saturated heterocycles. The lowest BCUT2D eigenvalue weighted by Gasteiger charge is -2.20. The van der Waals surface area contributed by atoms with Crippen LogP contribution in [-0.2, 0) is 18.6 Å². The zero-order valence-electron chi connectivity index (χ0n) is 23.0. The number of aromatic nitrogens is 5.